The summed E-state index contributed by atoms with van der Waals surface area (Å²) in [5.74, 6) is -0.256. The third-order valence-corrected chi connectivity index (χ3v) is 4.96. The second-order valence-corrected chi connectivity index (χ2v) is 7.83. The molecule has 3 aromatic rings. The number of aromatic amines is 1. The van der Waals surface area contributed by atoms with Gasteiger partial charge in [-0.25, -0.2) is 14.8 Å². The highest BCUT2D eigenvalue weighted by Gasteiger charge is 2.19. The monoisotopic (exact) mass is 416 g/mol. The summed E-state index contributed by atoms with van der Waals surface area (Å²) >= 11 is -1.19. The highest BCUT2D eigenvalue weighted by molar-refractivity contribution is 7.90. The number of hydrogen-bond acceptors (Lipinski definition) is 6. The molecule has 0 aliphatic heterocycles. The number of benzene rings is 1. The van der Waals surface area contributed by atoms with Gasteiger partial charge < -0.3 is 31.0 Å². The summed E-state index contributed by atoms with van der Waals surface area (Å²) in [6.45, 7) is 0.141. The third kappa shape index (κ3) is 5.15. The van der Waals surface area contributed by atoms with E-state index in [1.165, 1.54) is 12.5 Å². The van der Waals surface area contributed by atoms with E-state index < -0.39 is 29.2 Å². The molecule has 0 spiro atoms. The number of H-pyrrole nitrogens is 1. The highest BCUT2D eigenvalue weighted by Crippen LogP contribution is 2.25. The average molecular weight is 416 g/mol. The van der Waals surface area contributed by atoms with Crippen LogP contribution in [0.4, 0.5) is 10.6 Å². The molecule has 0 aliphatic carbocycles. The van der Waals surface area contributed by atoms with Crippen molar-refractivity contribution in [2.24, 2.45) is 5.73 Å². The molecule has 2 unspecified atom stereocenters. The van der Waals surface area contributed by atoms with E-state index in [4.69, 9.17) is 10.8 Å². The summed E-state index contributed by atoms with van der Waals surface area (Å²) in [5.41, 5.74) is 7.18. The van der Waals surface area contributed by atoms with E-state index >= 15 is 0 Å². The number of primary amides is 1. The molecular formula is C18H20N6O4S. The number of anilines is 1. The minimum atomic E-state index is -1.21. The summed E-state index contributed by atoms with van der Waals surface area (Å²) in [7, 11) is 0. The Bertz CT molecular complexity index is 1010. The molecule has 2 amide bonds. The van der Waals surface area contributed by atoms with Gasteiger partial charge in [0.05, 0.1) is 24.2 Å². The highest BCUT2D eigenvalue weighted by atomic mass is 32.2. The number of nitrogens with zero attached hydrogens (tertiary/aromatic N) is 2. The van der Waals surface area contributed by atoms with Crippen LogP contribution in [-0.4, -0.2) is 61.2 Å². The van der Waals surface area contributed by atoms with Crippen LogP contribution in [0.5, 0.6) is 0 Å². The van der Waals surface area contributed by atoms with Gasteiger partial charge in [-0.15, -0.1) is 0 Å². The van der Waals surface area contributed by atoms with Crippen molar-refractivity contribution in [1.29, 1.82) is 0 Å². The normalized spacial score (nSPS) is 13.0. The second kappa shape index (κ2) is 8.80. The number of amides is 2. The van der Waals surface area contributed by atoms with Crippen molar-refractivity contribution < 1.29 is 19.2 Å². The summed E-state index contributed by atoms with van der Waals surface area (Å²) in [6.07, 6.45) is 1.62. The average Bonchev–Trinajstić information content (AvgIpc) is 3.09. The lowest BCUT2D eigenvalue weighted by molar-refractivity contribution is 0.0996. The van der Waals surface area contributed by atoms with Gasteiger partial charge in [0.2, 0.25) is 0 Å². The van der Waals surface area contributed by atoms with Gasteiger partial charge in [-0.2, -0.15) is 0 Å². The standard InChI is InChI=1S/C18H20N6O4S/c1-29(28)9-11(22-18(26)27)7-20-14-8-21-16(17(19)25)15(24-14)13-6-10-4-2-3-5-12(10)23-13/h2-6,8,11,22-23H,7,9H2,1H3,(H2,19,25)(H,20,24)(H,26,27). The van der Waals surface area contributed by atoms with Crippen LogP contribution < -0.4 is 16.4 Å². The molecule has 6 N–H and O–H groups in total. The number of fused-ring (bicyclic) bond motifs is 1. The Balaban J connectivity index is 1.88. The molecule has 10 nitrogen and oxygen atoms in total. The fourth-order valence-corrected chi connectivity index (χ4v) is 3.65. The minimum absolute atomic E-state index is 0.0111. The van der Waals surface area contributed by atoms with E-state index in [-0.39, 0.29) is 23.7 Å². The van der Waals surface area contributed by atoms with Crippen molar-refractivity contribution in [3.8, 4) is 11.4 Å². The maximum absolute atomic E-state index is 11.8. The first-order valence-corrected chi connectivity index (χ1v) is 10.3. The summed E-state index contributed by atoms with van der Waals surface area (Å²) < 4.78 is 11.5. The number of carboxylic acid groups (broad SMARTS) is 1. The minimum Gasteiger partial charge on any atom is -0.616 e. The number of rotatable bonds is 8. The first-order chi connectivity index (χ1) is 13.8. The molecule has 29 heavy (non-hydrogen) atoms. The van der Waals surface area contributed by atoms with Crippen LogP contribution in [0.15, 0.2) is 36.5 Å². The summed E-state index contributed by atoms with van der Waals surface area (Å²) in [6, 6.07) is 8.84. The quantitative estimate of drug-likeness (QED) is 0.343. The number of hydrogen-bond donors (Lipinski definition) is 5. The Labute approximate surface area is 169 Å². The Morgan fingerprint density at radius 3 is 2.79 bits per heavy atom. The van der Waals surface area contributed by atoms with Crippen LogP contribution in [0.3, 0.4) is 0 Å². The SMILES string of the molecule is C[S+]([O-])CC(CNc1cnc(C(N)=O)c(-c2cc3ccccc3[nH]2)n1)NC(=O)O. The Morgan fingerprint density at radius 1 is 1.38 bits per heavy atom. The molecule has 2 heterocycles. The van der Waals surface area contributed by atoms with Crippen LogP contribution in [0.2, 0.25) is 0 Å². The van der Waals surface area contributed by atoms with Gasteiger partial charge in [0.25, 0.3) is 5.91 Å². The molecule has 3 rings (SSSR count). The van der Waals surface area contributed by atoms with Crippen molar-refractivity contribution in [3.05, 3.63) is 42.2 Å². The molecule has 152 valence electrons. The lowest BCUT2D eigenvalue weighted by Crippen LogP contribution is -2.43. The van der Waals surface area contributed by atoms with Crippen LogP contribution in [0.1, 0.15) is 10.5 Å². The van der Waals surface area contributed by atoms with E-state index in [0.717, 1.165) is 10.9 Å². The van der Waals surface area contributed by atoms with Gasteiger partial charge in [-0.1, -0.05) is 29.4 Å². The number of nitrogens with one attached hydrogen (secondary N) is 3. The lowest BCUT2D eigenvalue weighted by Gasteiger charge is -2.18. The predicted octanol–water partition coefficient (Wildman–Crippen LogP) is 1.15. The fraction of sp³-hybridized carbons (Fsp3) is 0.222. The Hall–Kier alpha value is -3.31. The number of carbonyl (C=O) groups excluding carboxylic acids is 1. The van der Waals surface area contributed by atoms with Gasteiger partial charge in [0.15, 0.2) is 5.69 Å². The molecular weight excluding hydrogens is 396 g/mol. The molecule has 0 fully saturated rings. The first-order valence-electron chi connectivity index (χ1n) is 8.62. The number of nitrogens with two attached hydrogens (primary N) is 1. The lowest BCUT2D eigenvalue weighted by atomic mass is 10.2. The molecule has 2 aromatic heterocycles. The molecule has 0 saturated carbocycles. The van der Waals surface area contributed by atoms with E-state index in [2.05, 4.69) is 25.6 Å². The van der Waals surface area contributed by atoms with Crippen molar-refractivity contribution in [2.45, 2.75) is 6.04 Å². The summed E-state index contributed by atoms with van der Waals surface area (Å²) in [4.78, 5) is 34.5. The fourth-order valence-electron chi connectivity index (χ4n) is 2.88. The van der Waals surface area contributed by atoms with E-state index in [9.17, 15) is 14.1 Å². The predicted molar refractivity (Wildman–Crippen MR) is 110 cm³/mol. The maximum atomic E-state index is 11.8. The molecule has 0 saturated heterocycles. The zero-order valence-corrected chi connectivity index (χ0v) is 16.3. The smallest absolute Gasteiger partial charge is 0.405 e. The Morgan fingerprint density at radius 2 is 2.14 bits per heavy atom. The van der Waals surface area contributed by atoms with Crippen molar-refractivity contribution in [1.82, 2.24) is 20.3 Å². The van der Waals surface area contributed by atoms with E-state index in [0.29, 0.717) is 11.5 Å². The van der Waals surface area contributed by atoms with Crippen LogP contribution in [0.25, 0.3) is 22.3 Å². The summed E-state index contributed by atoms with van der Waals surface area (Å²) in [5, 5.41) is 15.1. The van der Waals surface area contributed by atoms with Gasteiger partial charge in [0.1, 0.15) is 17.3 Å². The van der Waals surface area contributed by atoms with Crippen molar-refractivity contribution in [3.63, 3.8) is 0 Å². The molecule has 2 atom stereocenters. The molecule has 0 aliphatic rings. The molecule has 11 heteroatoms. The number of para-hydroxylation sites is 1. The van der Waals surface area contributed by atoms with Crippen LogP contribution in [-0.2, 0) is 11.2 Å². The largest absolute Gasteiger partial charge is 0.616 e. The number of aromatic nitrogens is 3. The number of carbonyl (C=O) groups is 2. The second-order valence-electron chi connectivity index (χ2n) is 6.35. The molecule has 0 radical (unpaired) electrons. The van der Waals surface area contributed by atoms with E-state index in [1.54, 1.807) is 0 Å². The van der Waals surface area contributed by atoms with Gasteiger partial charge in [-0.3, -0.25) is 4.79 Å². The zero-order chi connectivity index (χ0) is 21.0. The zero-order valence-electron chi connectivity index (χ0n) is 15.5. The molecule has 0 bridgehead atoms. The van der Waals surface area contributed by atoms with Gasteiger partial charge in [0, 0.05) is 17.4 Å². The van der Waals surface area contributed by atoms with Crippen LogP contribution in [0, 0.1) is 0 Å². The van der Waals surface area contributed by atoms with E-state index in [1.807, 2.05) is 30.3 Å². The van der Waals surface area contributed by atoms with Crippen LogP contribution >= 0.6 is 0 Å². The topological polar surface area (TPSA) is 169 Å². The molecule has 1 aromatic carbocycles. The van der Waals surface area contributed by atoms with Crippen molar-refractivity contribution in [2.75, 3.05) is 23.9 Å². The Kier molecular flexibility index (Phi) is 6.20. The van der Waals surface area contributed by atoms with Crippen molar-refractivity contribution >= 4 is 39.9 Å². The maximum Gasteiger partial charge on any atom is 0.405 e. The first kappa shape index (κ1) is 20.4. The van der Waals surface area contributed by atoms with Gasteiger partial charge in [-0.05, 0) is 12.1 Å². The van der Waals surface area contributed by atoms with Gasteiger partial charge >= 0.3 is 6.09 Å². The third-order valence-electron chi connectivity index (χ3n) is 4.08.